The zero-order chi connectivity index (χ0) is 34.8. The van der Waals surface area contributed by atoms with E-state index in [0.29, 0.717) is 45.2 Å². The molecule has 1 aromatic carbocycles. The summed E-state index contributed by atoms with van der Waals surface area (Å²) in [4.78, 5) is 70.2. The second kappa shape index (κ2) is 14.3. The molecule has 0 bridgehead atoms. The third-order valence-corrected chi connectivity index (χ3v) is 11.6. The fourth-order valence-electron chi connectivity index (χ4n) is 6.84. The number of benzene rings is 1. The summed E-state index contributed by atoms with van der Waals surface area (Å²) in [5.74, 6) is -2.65. The molecule has 266 valence electrons. The fourth-order valence-corrected chi connectivity index (χ4v) is 8.21. The van der Waals surface area contributed by atoms with Crippen molar-refractivity contribution >= 4 is 39.9 Å². The summed E-state index contributed by atoms with van der Waals surface area (Å²) in [6.45, 7) is -0.871. The van der Waals surface area contributed by atoms with Gasteiger partial charge in [0.05, 0.1) is 11.8 Å². The molecule has 6 rings (SSSR count). The van der Waals surface area contributed by atoms with Crippen molar-refractivity contribution in [1.29, 1.82) is 0 Å². The van der Waals surface area contributed by atoms with E-state index in [0.717, 1.165) is 17.5 Å². The molecule has 0 spiro atoms. The minimum atomic E-state index is -3.91. The van der Waals surface area contributed by atoms with Gasteiger partial charge in [0.2, 0.25) is 21.8 Å². The molecule has 1 aromatic rings. The Morgan fingerprint density at radius 3 is 2.47 bits per heavy atom. The Bertz CT molecular complexity index is 1590. The first-order valence-corrected chi connectivity index (χ1v) is 18.4. The molecule has 2 saturated carbocycles. The third kappa shape index (κ3) is 7.84. The predicted molar refractivity (Wildman–Crippen MR) is 172 cm³/mol. The van der Waals surface area contributed by atoms with Gasteiger partial charge in [-0.1, -0.05) is 49.3 Å². The molecule has 5 amide bonds. The van der Waals surface area contributed by atoms with Crippen LogP contribution in [0.4, 0.5) is 14.0 Å². The summed E-state index contributed by atoms with van der Waals surface area (Å²) in [5, 5.41) is 4.63. The van der Waals surface area contributed by atoms with Gasteiger partial charge in [-0.2, -0.15) is 0 Å². The number of sulfonamides is 1. The molecule has 3 heterocycles. The smallest absolute Gasteiger partial charge is 0.410 e. The van der Waals surface area contributed by atoms with Gasteiger partial charge in [-0.25, -0.2) is 22.4 Å². The number of alkyl halides is 1. The van der Waals surface area contributed by atoms with Crippen LogP contribution in [0.5, 0.6) is 0 Å². The number of rotatable bonds is 7. The van der Waals surface area contributed by atoms with Gasteiger partial charge in [-0.3, -0.25) is 24.0 Å². The Balaban J connectivity index is 1.24. The average Bonchev–Trinajstić information content (AvgIpc) is 3.96. The van der Waals surface area contributed by atoms with Crippen LogP contribution in [-0.4, -0.2) is 96.9 Å². The van der Waals surface area contributed by atoms with Gasteiger partial charge in [-0.05, 0) is 49.7 Å². The van der Waals surface area contributed by atoms with Gasteiger partial charge >= 0.3 is 12.2 Å². The Morgan fingerprint density at radius 2 is 1.78 bits per heavy atom. The van der Waals surface area contributed by atoms with Crippen LogP contribution < -0.4 is 15.4 Å². The summed E-state index contributed by atoms with van der Waals surface area (Å²) >= 11 is 0. The van der Waals surface area contributed by atoms with Crippen molar-refractivity contribution < 1.29 is 46.3 Å². The van der Waals surface area contributed by atoms with Gasteiger partial charge < -0.3 is 25.0 Å². The van der Waals surface area contributed by atoms with Crippen molar-refractivity contribution in [2.45, 2.75) is 99.9 Å². The monoisotopic (exact) mass is 703 g/mol. The molecule has 14 nitrogen and oxygen atoms in total. The maximum absolute atomic E-state index is 14.1. The Kier molecular flexibility index (Phi) is 10.1. The van der Waals surface area contributed by atoms with Crippen molar-refractivity contribution in [3.63, 3.8) is 0 Å². The maximum Gasteiger partial charge on any atom is 0.410 e. The molecule has 2 aliphatic carbocycles. The zero-order valence-corrected chi connectivity index (χ0v) is 27.9. The number of allylic oxidation sites excluding steroid dienone is 1. The summed E-state index contributed by atoms with van der Waals surface area (Å²) in [6, 6.07) is 5.27. The Labute approximate surface area is 284 Å². The van der Waals surface area contributed by atoms with Crippen molar-refractivity contribution in [1.82, 2.24) is 25.2 Å². The number of carbonyl (C=O) groups is 5. The molecule has 1 saturated heterocycles. The Hall–Kier alpha value is -4.21. The highest BCUT2D eigenvalue weighted by Crippen LogP contribution is 2.46. The van der Waals surface area contributed by atoms with Crippen molar-refractivity contribution in [2.75, 3.05) is 19.8 Å². The van der Waals surface area contributed by atoms with Crippen molar-refractivity contribution in [3.8, 4) is 0 Å². The number of ether oxygens (including phenoxy) is 2. The summed E-state index contributed by atoms with van der Waals surface area (Å²) in [5.41, 5.74) is 0.429. The highest BCUT2D eigenvalue weighted by Gasteiger charge is 2.62. The minimum absolute atomic E-state index is 0.0955. The van der Waals surface area contributed by atoms with E-state index in [-0.39, 0.29) is 25.8 Å². The summed E-state index contributed by atoms with van der Waals surface area (Å²) in [7, 11) is -3.91. The van der Waals surface area contributed by atoms with Crippen LogP contribution in [-0.2, 0) is 47.0 Å². The van der Waals surface area contributed by atoms with Gasteiger partial charge in [-0.15, -0.1) is 0 Å². The number of hydrogen-bond acceptors (Lipinski definition) is 9. The predicted octanol–water partition coefficient (Wildman–Crippen LogP) is 2.18. The maximum atomic E-state index is 14.1. The van der Waals surface area contributed by atoms with Gasteiger partial charge in [0, 0.05) is 25.4 Å². The minimum Gasteiger partial charge on any atom is -0.447 e. The fraction of sp³-hybridized carbons (Fsp3) is 0.606. The Morgan fingerprint density at radius 1 is 1.04 bits per heavy atom. The van der Waals surface area contributed by atoms with Crippen molar-refractivity contribution in [2.24, 2.45) is 5.92 Å². The van der Waals surface area contributed by atoms with E-state index in [4.69, 9.17) is 9.47 Å². The van der Waals surface area contributed by atoms with Crippen LogP contribution in [0.3, 0.4) is 0 Å². The SMILES string of the molecule is O=C(N[C@H]1CCCCCC=C[C@@H]2C[C@@]2(C(=O)NS(=O)(=O)C2CC2)NC(=O)[C@@H]2C[C@@H](OC(=O)N3Cc4ccccc4C3)CN2C1=O)OCCF. The summed E-state index contributed by atoms with van der Waals surface area (Å²) in [6.07, 6.45) is 5.01. The molecule has 0 aromatic heterocycles. The molecular formula is C33H42FN5O9S. The molecule has 49 heavy (non-hydrogen) atoms. The molecule has 3 N–H and O–H groups in total. The van der Waals surface area contributed by atoms with E-state index in [1.54, 1.807) is 0 Å². The lowest BCUT2D eigenvalue weighted by Gasteiger charge is -2.29. The van der Waals surface area contributed by atoms with Crippen LogP contribution in [0.2, 0.25) is 0 Å². The lowest BCUT2D eigenvalue weighted by atomic mass is 10.1. The van der Waals surface area contributed by atoms with E-state index in [2.05, 4.69) is 15.4 Å². The summed E-state index contributed by atoms with van der Waals surface area (Å²) < 4.78 is 50.9. The second-order valence-electron chi connectivity index (χ2n) is 13.4. The number of amides is 5. The average molecular weight is 704 g/mol. The number of fused-ring (bicyclic) bond motifs is 3. The normalized spacial score (nSPS) is 28.6. The third-order valence-electron chi connectivity index (χ3n) is 9.81. The lowest BCUT2D eigenvalue weighted by Crippen LogP contribution is -2.58. The van der Waals surface area contributed by atoms with Crippen LogP contribution >= 0.6 is 0 Å². The largest absolute Gasteiger partial charge is 0.447 e. The van der Waals surface area contributed by atoms with E-state index < -0.39 is 88.1 Å². The molecule has 5 aliphatic rings. The first-order valence-electron chi connectivity index (χ1n) is 16.9. The molecular weight excluding hydrogens is 661 g/mol. The standard InChI is InChI=1S/C33H42FN5O9S/c34-14-15-47-31(43)35-26-11-5-3-1-2-4-10-23-17-33(23,30(42)37-49(45,46)25-12-13-25)36-28(40)27-16-24(20-39(27)29(26)41)48-32(44)38-18-21-8-6-7-9-22(21)19-38/h4,6-10,23-27H,1-3,5,11-20H2,(H,35,43)(H,36,40)(H,37,42)/t23-,24-,26+,27+,33-/m1/s1. The topological polar surface area (TPSA) is 181 Å². The number of carbonyl (C=O) groups excluding carboxylic acids is 5. The molecule has 0 radical (unpaired) electrons. The van der Waals surface area contributed by atoms with Gasteiger partial charge in [0.1, 0.15) is 37.0 Å². The van der Waals surface area contributed by atoms with E-state index >= 15 is 0 Å². The number of nitrogens with zero attached hydrogens (tertiary/aromatic N) is 2. The van der Waals surface area contributed by atoms with Gasteiger partial charge in [0.25, 0.3) is 5.91 Å². The first kappa shape index (κ1) is 34.6. The van der Waals surface area contributed by atoms with Crippen LogP contribution in [0.15, 0.2) is 36.4 Å². The quantitative estimate of drug-likeness (QED) is 0.359. The molecule has 0 unspecified atom stereocenters. The van der Waals surface area contributed by atoms with E-state index in [1.165, 1.54) is 9.80 Å². The van der Waals surface area contributed by atoms with Crippen molar-refractivity contribution in [3.05, 3.63) is 47.5 Å². The highest BCUT2D eigenvalue weighted by atomic mass is 32.2. The number of alkyl carbamates (subject to hydrolysis) is 1. The zero-order valence-electron chi connectivity index (χ0n) is 27.1. The number of nitrogens with one attached hydrogen (secondary N) is 3. The number of halogens is 1. The molecule has 5 atom stereocenters. The first-order chi connectivity index (χ1) is 23.5. The molecule has 16 heteroatoms. The van der Waals surface area contributed by atoms with Gasteiger partial charge in [0.15, 0.2) is 0 Å². The lowest BCUT2D eigenvalue weighted by molar-refractivity contribution is -0.141. The van der Waals surface area contributed by atoms with E-state index in [1.807, 2.05) is 36.4 Å². The van der Waals surface area contributed by atoms with Crippen LogP contribution in [0, 0.1) is 5.92 Å². The number of hydrogen-bond donors (Lipinski definition) is 3. The molecule has 3 fully saturated rings. The molecule has 3 aliphatic heterocycles. The van der Waals surface area contributed by atoms with Crippen LogP contribution in [0.25, 0.3) is 0 Å². The van der Waals surface area contributed by atoms with E-state index in [9.17, 15) is 36.8 Å². The highest BCUT2D eigenvalue weighted by molar-refractivity contribution is 7.91. The van der Waals surface area contributed by atoms with Crippen LogP contribution in [0.1, 0.15) is 68.9 Å². The second-order valence-corrected chi connectivity index (χ2v) is 15.4.